The third kappa shape index (κ3) is 1.15. The first kappa shape index (κ1) is 11.0. The summed E-state index contributed by atoms with van der Waals surface area (Å²) >= 11 is 0. The van der Waals surface area contributed by atoms with E-state index in [0.29, 0.717) is 17.6 Å². The summed E-state index contributed by atoms with van der Waals surface area (Å²) in [4.78, 5) is 0. The van der Waals surface area contributed by atoms with E-state index in [1.165, 1.54) is 19.3 Å². The van der Waals surface area contributed by atoms with Crippen LogP contribution >= 0.6 is 0 Å². The fourth-order valence-electron chi connectivity index (χ4n) is 4.47. The molecule has 0 unspecified atom stereocenters. The second kappa shape index (κ2) is 3.23. The van der Waals surface area contributed by atoms with Crippen molar-refractivity contribution in [3.8, 4) is 0 Å². The van der Waals surface area contributed by atoms with Crippen LogP contribution in [-0.2, 0) is 9.47 Å². The van der Waals surface area contributed by atoms with E-state index < -0.39 is 0 Å². The minimum Gasteiger partial charge on any atom is -0.381 e. The van der Waals surface area contributed by atoms with Crippen molar-refractivity contribution in [3.63, 3.8) is 0 Å². The molecule has 3 aliphatic rings. The molecule has 3 rings (SSSR count). The molecular weight excluding hydrogens is 200 g/mol. The molecule has 2 aliphatic carbocycles. The standard InChI is InChI=1S/C14H24O2/c1-9-7-12-14(16-12)8-11(15-4)5-6-13(14,3)10(9)2/h9-12H,5-8H2,1-4H3/t9-,10-,11-,12+,13-,14+/m1/s1. The first-order valence-electron chi connectivity index (χ1n) is 6.74. The number of hydrogen-bond acceptors (Lipinski definition) is 2. The number of epoxide rings is 1. The molecule has 0 aromatic heterocycles. The Morgan fingerprint density at radius 1 is 1.31 bits per heavy atom. The topological polar surface area (TPSA) is 21.8 Å². The molecule has 92 valence electrons. The van der Waals surface area contributed by atoms with E-state index >= 15 is 0 Å². The van der Waals surface area contributed by atoms with Crippen LogP contribution in [0.1, 0.15) is 46.5 Å². The zero-order valence-electron chi connectivity index (χ0n) is 11.0. The van der Waals surface area contributed by atoms with E-state index in [-0.39, 0.29) is 5.60 Å². The van der Waals surface area contributed by atoms with E-state index in [2.05, 4.69) is 20.8 Å². The number of methoxy groups -OCH3 is 1. The highest BCUT2D eigenvalue weighted by atomic mass is 16.6. The van der Waals surface area contributed by atoms with Crippen LogP contribution in [0.3, 0.4) is 0 Å². The molecule has 0 aromatic carbocycles. The Labute approximate surface area is 98.7 Å². The van der Waals surface area contributed by atoms with E-state index in [1.54, 1.807) is 0 Å². The summed E-state index contributed by atoms with van der Waals surface area (Å²) in [6.45, 7) is 7.28. The van der Waals surface area contributed by atoms with Crippen LogP contribution in [0.2, 0.25) is 0 Å². The van der Waals surface area contributed by atoms with Gasteiger partial charge in [0.05, 0.1) is 12.2 Å². The minimum atomic E-state index is 0.178. The number of rotatable bonds is 1. The first-order chi connectivity index (χ1) is 7.53. The van der Waals surface area contributed by atoms with Crippen molar-refractivity contribution < 1.29 is 9.47 Å². The maximum absolute atomic E-state index is 6.17. The number of ether oxygens (including phenoxy) is 2. The van der Waals surface area contributed by atoms with Crippen LogP contribution in [-0.4, -0.2) is 24.9 Å². The van der Waals surface area contributed by atoms with Gasteiger partial charge in [0.15, 0.2) is 0 Å². The van der Waals surface area contributed by atoms with Crippen LogP contribution in [0.5, 0.6) is 0 Å². The lowest BCUT2D eigenvalue weighted by Crippen LogP contribution is -2.53. The van der Waals surface area contributed by atoms with Gasteiger partial charge >= 0.3 is 0 Å². The smallest absolute Gasteiger partial charge is 0.103 e. The van der Waals surface area contributed by atoms with E-state index in [1.807, 2.05) is 7.11 Å². The van der Waals surface area contributed by atoms with Gasteiger partial charge in [0, 0.05) is 18.9 Å². The van der Waals surface area contributed by atoms with Gasteiger partial charge in [-0.3, -0.25) is 0 Å². The summed E-state index contributed by atoms with van der Waals surface area (Å²) < 4.78 is 11.7. The van der Waals surface area contributed by atoms with Gasteiger partial charge in [0.2, 0.25) is 0 Å². The zero-order chi connectivity index (χ0) is 11.6. The maximum Gasteiger partial charge on any atom is 0.103 e. The second-order valence-electron chi connectivity index (χ2n) is 6.52. The molecular formula is C14H24O2. The molecule has 1 aliphatic heterocycles. The Morgan fingerprint density at radius 3 is 2.75 bits per heavy atom. The van der Waals surface area contributed by atoms with Crippen molar-refractivity contribution in [2.45, 2.75) is 64.3 Å². The van der Waals surface area contributed by atoms with Gasteiger partial charge in [0.1, 0.15) is 5.60 Å². The Hall–Kier alpha value is -0.0800. The SMILES string of the molecule is CO[C@@H]1CC[C@]2(C)[C@H](C)[C@H](C)C[C@@H]3O[C@@]32C1. The number of hydrogen-bond donors (Lipinski definition) is 0. The third-order valence-corrected chi connectivity index (χ3v) is 6.08. The van der Waals surface area contributed by atoms with Gasteiger partial charge in [-0.15, -0.1) is 0 Å². The van der Waals surface area contributed by atoms with Gasteiger partial charge < -0.3 is 9.47 Å². The molecule has 0 aromatic rings. The van der Waals surface area contributed by atoms with E-state index in [9.17, 15) is 0 Å². The fourth-order valence-corrected chi connectivity index (χ4v) is 4.47. The van der Waals surface area contributed by atoms with Crippen molar-refractivity contribution in [1.29, 1.82) is 0 Å². The zero-order valence-corrected chi connectivity index (χ0v) is 11.0. The molecule has 1 heterocycles. The van der Waals surface area contributed by atoms with Crippen molar-refractivity contribution in [2.24, 2.45) is 17.3 Å². The van der Waals surface area contributed by atoms with Gasteiger partial charge in [-0.1, -0.05) is 20.8 Å². The Kier molecular flexibility index (Phi) is 2.23. The van der Waals surface area contributed by atoms with Gasteiger partial charge in [0.25, 0.3) is 0 Å². The summed E-state index contributed by atoms with van der Waals surface area (Å²) in [5.41, 5.74) is 0.572. The van der Waals surface area contributed by atoms with Gasteiger partial charge in [-0.05, 0) is 31.1 Å². The normalized spacial score (nSPS) is 60.0. The van der Waals surface area contributed by atoms with Crippen LogP contribution in [0.25, 0.3) is 0 Å². The third-order valence-electron chi connectivity index (χ3n) is 6.08. The van der Waals surface area contributed by atoms with E-state index in [4.69, 9.17) is 9.47 Å². The molecule has 0 N–H and O–H groups in total. The Bertz CT molecular complexity index is 303. The largest absolute Gasteiger partial charge is 0.381 e. The van der Waals surface area contributed by atoms with Gasteiger partial charge in [-0.25, -0.2) is 0 Å². The van der Waals surface area contributed by atoms with Crippen LogP contribution < -0.4 is 0 Å². The molecule has 1 spiro atoms. The highest BCUT2D eigenvalue weighted by molar-refractivity contribution is 5.20. The molecule has 0 amide bonds. The van der Waals surface area contributed by atoms with Crippen LogP contribution in [0.4, 0.5) is 0 Å². The molecule has 6 atom stereocenters. The molecule has 2 saturated carbocycles. The van der Waals surface area contributed by atoms with Crippen molar-refractivity contribution in [1.82, 2.24) is 0 Å². The van der Waals surface area contributed by atoms with Crippen molar-refractivity contribution in [3.05, 3.63) is 0 Å². The maximum atomic E-state index is 6.17. The predicted molar refractivity (Wildman–Crippen MR) is 63.3 cm³/mol. The molecule has 3 fully saturated rings. The predicted octanol–water partition coefficient (Wildman–Crippen LogP) is 3.01. The molecule has 16 heavy (non-hydrogen) atoms. The van der Waals surface area contributed by atoms with Crippen molar-refractivity contribution in [2.75, 3.05) is 7.11 Å². The molecule has 0 radical (unpaired) electrons. The lowest BCUT2D eigenvalue weighted by molar-refractivity contribution is -0.0671. The second-order valence-corrected chi connectivity index (χ2v) is 6.52. The summed E-state index contributed by atoms with van der Waals surface area (Å²) in [5, 5.41) is 0. The van der Waals surface area contributed by atoms with Crippen molar-refractivity contribution >= 4 is 0 Å². The quantitative estimate of drug-likeness (QED) is 0.639. The highest BCUT2D eigenvalue weighted by Gasteiger charge is 2.72. The molecule has 2 nitrogen and oxygen atoms in total. The minimum absolute atomic E-state index is 0.178. The van der Waals surface area contributed by atoms with Gasteiger partial charge in [-0.2, -0.15) is 0 Å². The highest BCUT2D eigenvalue weighted by Crippen LogP contribution is 2.67. The summed E-state index contributed by atoms with van der Waals surface area (Å²) in [6.07, 6.45) is 5.82. The average molecular weight is 224 g/mol. The Morgan fingerprint density at radius 2 is 2.06 bits per heavy atom. The summed E-state index contributed by atoms with van der Waals surface area (Å²) in [6, 6.07) is 0. The summed E-state index contributed by atoms with van der Waals surface area (Å²) in [5.74, 6) is 1.59. The van der Waals surface area contributed by atoms with Crippen LogP contribution in [0, 0.1) is 17.3 Å². The fraction of sp³-hybridized carbons (Fsp3) is 1.00. The molecule has 2 heteroatoms. The molecule has 1 saturated heterocycles. The summed E-state index contributed by atoms with van der Waals surface area (Å²) in [7, 11) is 1.84. The Balaban J connectivity index is 1.90. The average Bonchev–Trinajstić information content (AvgIpc) is 2.95. The lowest BCUT2D eigenvalue weighted by Gasteiger charge is -2.51. The molecule has 0 bridgehead atoms. The van der Waals surface area contributed by atoms with Crippen LogP contribution in [0.15, 0.2) is 0 Å². The monoisotopic (exact) mass is 224 g/mol. The lowest BCUT2D eigenvalue weighted by atomic mass is 9.52. The first-order valence-corrected chi connectivity index (χ1v) is 6.74. The van der Waals surface area contributed by atoms with E-state index in [0.717, 1.165) is 18.3 Å².